The summed E-state index contributed by atoms with van der Waals surface area (Å²) in [6.45, 7) is 2.21. The number of amides is 1. The van der Waals surface area contributed by atoms with Crippen molar-refractivity contribution < 1.29 is 19.1 Å². The molecule has 1 saturated heterocycles. The van der Waals surface area contributed by atoms with Crippen LogP contribution in [0.15, 0.2) is 29.4 Å². The fourth-order valence-corrected chi connectivity index (χ4v) is 2.39. The average molecular weight is 333 g/mol. The summed E-state index contributed by atoms with van der Waals surface area (Å²) in [4.78, 5) is 24.9. The van der Waals surface area contributed by atoms with E-state index >= 15 is 0 Å². The van der Waals surface area contributed by atoms with Crippen molar-refractivity contribution in [1.29, 1.82) is 0 Å². The molecular formula is C17H23N3O4. The fraction of sp³-hybridized carbons (Fsp3) is 0.471. The van der Waals surface area contributed by atoms with Gasteiger partial charge in [-0.05, 0) is 55.8 Å². The van der Waals surface area contributed by atoms with Crippen molar-refractivity contribution in [2.45, 2.75) is 19.3 Å². The van der Waals surface area contributed by atoms with Gasteiger partial charge in [0.2, 0.25) is 0 Å². The molecule has 0 saturated carbocycles. The normalized spacial score (nSPS) is 15.2. The molecule has 7 nitrogen and oxygen atoms in total. The first kappa shape index (κ1) is 17.9. The Morgan fingerprint density at radius 1 is 1.21 bits per heavy atom. The van der Waals surface area contributed by atoms with Crippen LogP contribution in [0.1, 0.15) is 24.8 Å². The zero-order chi connectivity index (χ0) is 17.2. The number of nitrogens with zero attached hydrogens (tertiary/aromatic N) is 2. The van der Waals surface area contributed by atoms with E-state index in [1.54, 1.807) is 30.5 Å². The maximum atomic E-state index is 11.8. The van der Waals surface area contributed by atoms with Crippen molar-refractivity contribution in [3.05, 3.63) is 29.8 Å². The molecule has 1 aromatic carbocycles. The molecule has 1 amide bonds. The lowest BCUT2D eigenvalue weighted by molar-refractivity contribution is -0.142. The van der Waals surface area contributed by atoms with E-state index in [-0.39, 0.29) is 12.5 Å². The Morgan fingerprint density at radius 2 is 1.92 bits per heavy atom. The maximum Gasteiger partial charge on any atom is 0.343 e. The second-order valence-electron chi connectivity index (χ2n) is 5.56. The van der Waals surface area contributed by atoms with Gasteiger partial charge in [0.1, 0.15) is 5.75 Å². The van der Waals surface area contributed by atoms with Gasteiger partial charge in [0.15, 0.2) is 6.61 Å². The Labute approximate surface area is 141 Å². The number of carbonyl (C=O) groups excluding carboxylic acids is 2. The zero-order valence-corrected chi connectivity index (χ0v) is 13.9. The van der Waals surface area contributed by atoms with E-state index in [9.17, 15) is 9.59 Å². The molecule has 130 valence electrons. The minimum Gasteiger partial charge on any atom is -0.482 e. The van der Waals surface area contributed by atoms with Crippen LogP contribution >= 0.6 is 0 Å². The van der Waals surface area contributed by atoms with Crippen LogP contribution in [0.3, 0.4) is 0 Å². The van der Waals surface area contributed by atoms with Crippen molar-refractivity contribution in [2.24, 2.45) is 5.10 Å². The largest absolute Gasteiger partial charge is 0.482 e. The monoisotopic (exact) mass is 333 g/mol. The number of hydrogen-bond acceptors (Lipinski definition) is 6. The third kappa shape index (κ3) is 6.37. The predicted octanol–water partition coefficient (Wildman–Crippen LogP) is 1.17. The summed E-state index contributed by atoms with van der Waals surface area (Å²) in [5.74, 6) is 0.0231. The molecule has 1 aliphatic heterocycles. The Bertz CT molecular complexity index is 566. The number of likely N-dealkylation sites (tertiary alicyclic amines) is 1. The number of rotatable bonds is 7. The van der Waals surface area contributed by atoms with Gasteiger partial charge in [-0.25, -0.2) is 10.2 Å². The Morgan fingerprint density at radius 3 is 2.58 bits per heavy atom. The quantitative estimate of drug-likeness (QED) is 0.460. The Hall–Kier alpha value is -2.41. The summed E-state index contributed by atoms with van der Waals surface area (Å²) in [6.07, 6.45) is 5.12. The molecule has 0 spiro atoms. The Balaban J connectivity index is 1.73. The van der Waals surface area contributed by atoms with Crippen molar-refractivity contribution in [3.8, 4) is 5.75 Å². The van der Waals surface area contributed by atoms with Gasteiger partial charge >= 0.3 is 5.97 Å². The van der Waals surface area contributed by atoms with Crippen molar-refractivity contribution in [2.75, 3.05) is 33.4 Å². The summed E-state index contributed by atoms with van der Waals surface area (Å²) >= 11 is 0. The number of benzene rings is 1. The lowest BCUT2D eigenvalue weighted by Crippen LogP contribution is -2.38. The van der Waals surface area contributed by atoms with Crippen molar-refractivity contribution >= 4 is 18.1 Å². The number of hydrazone groups is 1. The molecule has 0 aliphatic carbocycles. The number of nitrogens with one attached hydrogen (secondary N) is 1. The maximum absolute atomic E-state index is 11.8. The molecule has 0 atom stereocenters. The van der Waals surface area contributed by atoms with E-state index in [1.807, 2.05) is 0 Å². The predicted molar refractivity (Wildman–Crippen MR) is 90.0 cm³/mol. The summed E-state index contributed by atoms with van der Waals surface area (Å²) < 4.78 is 9.74. The summed E-state index contributed by atoms with van der Waals surface area (Å²) in [7, 11) is 1.31. The first-order valence-corrected chi connectivity index (χ1v) is 8.01. The number of methoxy groups -OCH3 is 1. The third-order valence-corrected chi connectivity index (χ3v) is 3.68. The van der Waals surface area contributed by atoms with Crippen LogP contribution in [-0.2, 0) is 14.3 Å². The minimum absolute atomic E-state index is 0.105. The highest BCUT2D eigenvalue weighted by molar-refractivity contribution is 5.83. The SMILES string of the molecule is COC(=O)COc1ccc(/C=N\NC(=O)CN2CCCCC2)cc1. The van der Waals surface area contributed by atoms with Gasteiger partial charge in [-0.1, -0.05) is 6.42 Å². The van der Waals surface area contributed by atoms with Gasteiger partial charge in [-0.15, -0.1) is 0 Å². The van der Waals surface area contributed by atoms with Crippen LogP contribution in [0.4, 0.5) is 0 Å². The number of hydrogen-bond donors (Lipinski definition) is 1. The zero-order valence-electron chi connectivity index (χ0n) is 13.9. The highest BCUT2D eigenvalue weighted by Crippen LogP contribution is 2.11. The number of piperidine rings is 1. The first-order chi connectivity index (χ1) is 11.7. The van der Waals surface area contributed by atoms with Crippen LogP contribution in [-0.4, -0.2) is 56.3 Å². The van der Waals surface area contributed by atoms with Crippen molar-refractivity contribution in [3.63, 3.8) is 0 Å². The van der Waals surface area contributed by atoms with E-state index in [2.05, 4.69) is 20.2 Å². The highest BCUT2D eigenvalue weighted by atomic mass is 16.6. The van der Waals surface area contributed by atoms with Crippen LogP contribution in [0.5, 0.6) is 5.75 Å². The van der Waals surface area contributed by atoms with Crippen LogP contribution < -0.4 is 10.2 Å². The van der Waals surface area contributed by atoms with Gasteiger partial charge in [0.05, 0.1) is 19.9 Å². The minimum atomic E-state index is -0.433. The van der Waals surface area contributed by atoms with Crippen LogP contribution in [0.25, 0.3) is 0 Å². The molecule has 0 bridgehead atoms. The summed E-state index contributed by atoms with van der Waals surface area (Å²) in [6, 6.07) is 7.01. The number of ether oxygens (including phenoxy) is 2. The molecule has 1 fully saturated rings. The second-order valence-corrected chi connectivity index (χ2v) is 5.56. The molecule has 1 heterocycles. The molecule has 24 heavy (non-hydrogen) atoms. The van der Waals surface area contributed by atoms with Gasteiger partial charge < -0.3 is 9.47 Å². The fourth-order valence-electron chi connectivity index (χ4n) is 2.39. The van der Waals surface area contributed by atoms with E-state index < -0.39 is 5.97 Å². The molecule has 0 unspecified atom stereocenters. The highest BCUT2D eigenvalue weighted by Gasteiger charge is 2.13. The average Bonchev–Trinajstić information content (AvgIpc) is 2.61. The Kier molecular flexibility index (Phi) is 7.22. The standard InChI is InChI=1S/C17H23N3O4/c1-23-17(22)13-24-15-7-5-14(6-8-15)11-18-19-16(21)12-20-9-3-2-4-10-20/h5-8,11H,2-4,9-10,12-13H2,1H3,(H,19,21)/b18-11-. The van der Waals surface area contributed by atoms with Gasteiger partial charge in [-0.3, -0.25) is 9.69 Å². The van der Waals surface area contributed by atoms with Gasteiger partial charge in [0.25, 0.3) is 5.91 Å². The third-order valence-electron chi connectivity index (χ3n) is 3.68. The first-order valence-electron chi connectivity index (χ1n) is 8.01. The molecule has 0 aromatic heterocycles. The molecular weight excluding hydrogens is 310 g/mol. The molecule has 7 heteroatoms. The summed E-state index contributed by atoms with van der Waals surface area (Å²) in [5.41, 5.74) is 3.36. The van der Waals surface area contributed by atoms with Crippen LogP contribution in [0, 0.1) is 0 Å². The second kappa shape index (κ2) is 9.67. The smallest absolute Gasteiger partial charge is 0.343 e. The summed E-state index contributed by atoms with van der Waals surface area (Å²) in [5, 5.41) is 3.96. The van der Waals surface area contributed by atoms with E-state index in [0.29, 0.717) is 12.3 Å². The molecule has 1 N–H and O–H groups in total. The van der Waals surface area contributed by atoms with Crippen molar-refractivity contribution in [1.82, 2.24) is 10.3 Å². The molecule has 0 radical (unpaired) electrons. The van der Waals surface area contributed by atoms with Gasteiger partial charge in [0, 0.05) is 0 Å². The topological polar surface area (TPSA) is 80.2 Å². The van der Waals surface area contributed by atoms with Gasteiger partial charge in [-0.2, -0.15) is 5.10 Å². The lowest BCUT2D eigenvalue weighted by atomic mass is 10.1. The number of esters is 1. The molecule has 1 aromatic rings. The number of carbonyl (C=O) groups is 2. The van der Waals surface area contributed by atoms with Crippen LogP contribution in [0.2, 0.25) is 0 Å². The van der Waals surface area contributed by atoms with E-state index in [4.69, 9.17) is 4.74 Å². The molecule has 1 aliphatic rings. The molecule has 2 rings (SSSR count). The lowest BCUT2D eigenvalue weighted by Gasteiger charge is -2.25. The van der Waals surface area contributed by atoms with E-state index in [1.165, 1.54) is 13.5 Å². The van der Waals surface area contributed by atoms with E-state index in [0.717, 1.165) is 31.5 Å².